The van der Waals surface area contributed by atoms with Gasteiger partial charge in [-0.05, 0) is 76.8 Å². The number of benzene rings is 1. The zero-order valence-electron chi connectivity index (χ0n) is 19.8. The molecule has 1 saturated heterocycles. The molecule has 31 heavy (non-hydrogen) atoms. The summed E-state index contributed by atoms with van der Waals surface area (Å²) in [4.78, 5) is 0.171. The Labute approximate surface area is 191 Å². The largest absolute Gasteiger partial charge is 0.381 e. The molecule has 0 bridgehead atoms. The van der Waals surface area contributed by atoms with Crippen LogP contribution in [0.25, 0.3) is 0 Å². The summed E-state index contributed by atoms with van der Waals surface area (Å²) in [6, 6.07) is 6.62. The van der Waals surface area contributed by atoms with Crippen LogP contribution >= 0.6 is 0 Å². The number of aryl methyl sites for hydroxylation is 1. The first kappa shape index (κ1) is 26.5. The number of hydrogen-bond acceptors (Lipinski definition) is 5. The van der Waals surface area contributed by atoms with E-state index in [0.29, 0.717) is 18.8 Å². The van der Waals surface area contributed by atoms with E-state index < -0.39 is 21.1 Å². The molecule has 2 rings (SSSR count). The topological polar surface area (TPSA) is 81.7 Å². The van der Waals surface area contributed by atoms with E-state index in [2.05, 4.69) is 18.6 Å². The fraction of sp³-hybridized carbons (Fsp3) is 0.739. The summed E-state index contributed by atoms with van der Waals surface area (Å²) in [6.07, 6.45) is 3.18. The van der Waals surface area contributed by atoms with Crippen molar-refractivity contribution in [2.75, 3.05) is 19.8 Å². The molecule has 0 amide bonds. The first-order valence-electron chi connectivity index (χ1n) is 11.1. The van der Waals surface area contributed by atoms with Crippen LogP contribution in [0.2, 0.25) is 0 Å². The van der Waals surface area contributed by atoms with Crippen LogP contribution in [0.3, 0.4) is 0 Å². The molecule has 1 N–H and O–H groups in total. The van der Waals surface area contributed by atoms with Gasteiger partial charge in [0, 0.05) is 19.3 Å². The van der Waals surface area contributed by atoms with Crippen molar-refractivity contribution in [2.45, 2.75) is 82.9 Å². The Morgan fingerprint density at radius 3 is 2.26 bits per heavy atom. The fourth-order valence-corrected chi connectivity index (χ4v) is 5.82. The van der Waals surface area contributed by atoms with Gasteiger partial charge in [0.15, 0.2) is 0 Å². The van der Waals surface area contributed by atoms with Gasteiger partial charge in [-0.3, -0.25) is 4.18 Å². The van der Waals surface area contributed by atoms with Gasteiger partial charge in [-0.1, -0.05) is 31.5 Å². The predicted molar refractivity (Wildman–Crippen MR) is 126 cm³/mol. The normalized spacial score (nSPS) is 18.6. The van der Waals surface area contributed by atoms with E-state index in [-0.39, 0.29) is 27.7 Å². The lowest BCUT2D eigenvalue weighted by Gasteiger charge is -2.43. The highest BCUT2D eigenvalue weighted by Gasteiger charge is 2.39. The molecule has 0 radical (unpaired) electrons. The maximum atomic E-state index is 12.9. The van der Waals surface area contributed by atoms with Crippen LogP contribution in [-0.2, 0) is 30.0 Å². The molecule has 1 aromatic carbocycles. The van der Waals surface area contributed by atoms with Gasteiger partial charge in [-0.2, -0.15) is 8.42 Å². The van der Waals surface area contributed by atoms with Crippen molar-refractivity contribution >= 4 is 21.1 Å². The monoisotopic (exact) mass is 473 g/mol. The molecule has 1 fully saturated rings. The van der Waals surface area contributed by atoms with E-state index >= 15 is 0 Å². The SMILES string of the molecule is Cc1ccc(S(=O)(=O)OCCC[C@H](N[S@](=O)C(C)(C)C)C(C)(C)C2CCOCC2)cc1. The van der Waals surface area contributed by atoms with E-state index in [1.54, 1.807) is 24.3 Å². The van der Waals surface area contributed by atoms with Crippen LogP contribution in [0.1, 0.15) is 65.9 Å². The molecule has 1 aliphatic rings. The quantitative estimate of drug-likeness (QED) is 0.403. The summed E-state index contributed by atoms with van der Waals surface area (Å²) in [5.74, 6) is 0.452. The second kappa shape index (κ2) is 10.9. The van der Waals surface area contributed by atoms with Crippen LogP contribution in [0.15, 0.2) is 29.2 Å². The van der Waals surface area contributed by atoms with Crippen LogP contribution < -0.4 is 4.72 Å². The van der Waals surface area contributed by atoms with Crippen molar-refractivity contribution < 1.29 is 21.5 Å². The van der Waals surface area contributed by atoms with Gasteiger partial charge in [0.05, 0.1) is 27.2 Å². The molecule has 0 spiro atoms. The third kappa shape index (κ3) is 7.63. The van der Waals surface area contributed by atoms with Crippen LogP contribution in [0.4, 0.5) is 0 Å². The summed E-state index contributed by atoms with van der Waals surface area (Å²) >= 11 is 0. The Hall–Kier alpha value is -0.800. The van der Waals surface area contributed by atoms with Gasteiger partial charge in [0.1, 0.15) is 0 Å². The third-order valence-electron chi connectivity index (χ3n) is 6.16. The summed E-state index contributed by atoms with van der Waals surface area (Å²) in [6.45, 7) is 13.8. The first-order valence-corrected chi connectivity index (χ1v) is 13.6. The van der Waals surface area contributed by atoms with Crippen molar-refractivity contribution in [2.24, 2.45) is 11.3 Å². The standard InChI is InChI=1S/C23H39NO5S2/c1-18-9-11-20(12-10-18)31(26,27)29-15-7-8-21(24-30(25)22(2,3)4)23(5,6)19-13-16-28-17-14-19/h9-12,19,21,24H,7-8,13-17H2,1-6H3/t21-,30+/m0/s1. The molecular formula is C23H39NO5S2. The van der Waals surface area contributed by atoms with Crippen LogP contribution in [0, 0.1) is 18.3 Å². The van der Waals surface area contributed by atoms with E-state index in [0.717, 1.165) is 31.6 Å². The van der Waals surface area contributed by atoms with Crippen molar-refractivity contribution in [3.05, 3.63) is 29.8 Å². The minimum Gasteiger partial charge on any atom is -0.381 e. The maximum Gasteiger partial charge on any atom is 0.296 e. The molecule has 6 nitrogen and oxygen atoms in total. The van der Waals surface area contributed by atoms with Crippen molar-refractivity contribution in [3.63, 3.8) is 0 Å². The zero-order valence-corrected chi connectivity index (χ0v) is 21.4. The second-order valence-electron chi connectivity index (χ2n) is 9.99. The molecule has 1 aromatic rings. The Morgan fingerprint density at radius 1 is 1.13 bits per heavy atom. The molecule has 0 unspecified atom stereocenters. The minimum atomic E-state index is -3.77. The smallest absolute Gasteiger partial charge is 0.296 e. The van der Waals surface area contributed by atoms with E-state index in [1.807, 2.05) is 27.7 Å². The van der Waals surface area contributed by atoms with Crippen molar-refractivity contribution in [1.82, 2.24) is 4.72 Å². The molecule has 0 saturated carbocycles. The third-order valence-corrected chi connectivity index (χ3v) is 9.10. The minimum absolute atomic E-state index is 0.0265. The number of ether oxygens (including phenoxy) is 1. The highest BCUT2D eigenvalue weighted by Crippen LogP contribution is 2.39. The lowest BCUT2D eigenvalue weighted by molar-refractivity contribution is 0.00940. The van der Waals surface area contributed by atoms with Gasteiger partial charge in [-0.15, -0.1) is 0 Å². The zero-order chi connectivity index (χ0) is 23.3. The van der Waals surface area contributed by atoms with Gasteiger partial charge < -0.3 is 4.74 Å². The van der Waals surface area contributed by atoms with E-state index in [1.165, 1.54) is 0 Å². The number of nitrogens with one attached hydrogen (secondary N) is 1. The van der Waals surface area contributed by atoms with Crippen molar-refractivity contribution in [1.29, 1.82) is 0 Å². The Kier molecular flexibility index (Phi) is 9.28. The Bertz CT molecular complexity index is 823. The Morgan fingerprint density at radius 2 is 1.71 bits per heavy atom. The highest BCUT2D eigenvalue weighted by molar-refractivity contribution is 7.86. The Balaban J connectivity index is 2.03. The van der Waals surface area contributed by atoms with Crippen molar-refractivity contribution in [3.8, 4) is 0 Å². The molecular weight excluding hydrogens is 434 g/mol. The summed E-state index contributed by atoms with van der Waals surface area (Å²) in [7, 11) is -4.99. The van der Waals surface area contributed by atoms with Gasteiger partial charge in [-0.25, -0.2) is 8.93 Å². The van der Waals surface area contributed by atoms with E-state index in [9.17, 15) is 12.6 Å². The lowest BCUT2D eigenvalue weighted by atomic mass is 9.69. The molecule has 1 aliphatic heterocycles. The molecule has 178 valence electrons. The van der Waals surface area contributed by atoms with E-state index in [4.69, 9.17) is 8.92 Å². The molecule has 0 aliphatic carbocycles. The molecule has 8 heteroatoms. The average molecular weight is 474 g/mol. The molecule has 2 atom stereocenters. The van der Waals surface area contributed by atoms with Gasteiger partial charge in [0.2, 0.25) is 0 Å². The number of rotatable bonds is 10. The predicted octanol–water partition coefficient (Wildman–Crippen LogP) is 4.35. The number of hydrogen-bond donors (Lipinski definition) is 1. The molecule has 1 heterocycles. The van der Waals surface area contributed by atoms with Crippen LogP contribution in [-0.4, -0.2) is 43.2 Å². The fourth-order valence-electron chi connectivity index (χ4n) is 3.84. The second-order valence-corrected chi connectivity index (χ2v) is 13.6. The summed E-state index contributed by atoms with van der Waals surface area (Å²) in [5.41, 5.74) is 0.885. The summed E-state index contributed by atoms with van der Waals surface area (Å²) < 4.78 is 51.5. The van der Waals surface area contributed by atoms with Gasteiger partial charge >= 0.3 is 0 Å². The maximum absolute atomic E-state index is 12.9. The lowest BCUT2D eigenvalue weighted by Crippen LogP contribution is -2.50. The highest BCUT2D eigenvalue weighted by atomic mass is 32.2. The van der Waals surface area contributed by atoms with Gasteiger partial charge in [0.25, 0.3) is 10.1 Å². The first-order chi connectivity index (χ1) is 14.3. The average Bonchev–Trinajstić information content (AvgIpc) is 2.70. The summed E-state index contributed by atoms with van der Waals surface area (Å²) in [5, 5.41) is 0. The van der Waals surface area contributed by atoms with Crippen LogP contribution in [0.5, 0.6) is 0 Å². The molecule has 0 aromatic heterocycles.